The molecule has 1 aromatic rings. The molecule has 0 saturated carbocycles. The largest absolute Gasteiger partial charge is 0.395 e. The van der Waals surface area contributed by atoms with Crippen LogP contribution in [-0.2, 0) is 10.2 Å². The molecule has 1 aromatic carbocycles. The van der Waals surface area contributed by atoms with E-state index in [1.807, 2.05) is 6.92 Å². The molecule has 0 unspecified atom stereocenters. The zero-order valence-electron chi connectivity index (χ0n) is 11.9. The van der Waals surface area contributed by atoms with Gasteiger partial charge in [-0.15, -0.1) is 0 Å². The molecule has 0 atom stereocenters. The predicted octanol–water partition coefficient (Wildman–Crippen LogP) is 1.38. The summed E-state index contributed by atoms with van der Waals surface area (Å²) in [7, 11) is -3.58. The first-order valence-electron chi connectivity index (χ1n) is 6.34. The standard InChI is InChI=1S/C14H20N2O3S/c1-11(2)15-20(18,19)16-14-8-7-12(3)13(10-14)6-4-5-9-17/h7-8,10-11,15-17H,5,9H2,1-3H3. The second-order valence-electron chi connectivity index (χ2n) is 4.68. The van der Waals surface area contributed by atoms with E-state index in [1.54, 1.807) is 32.0 Å². The highest BCUT2D eigenvalue weighted by Crippen LogP contribution is 2.15. The van der Waals surface area contributed by atoms with Crippen molar-refractivity contribution in [1.82, 2.24) is 4.72 Å². The van der Waals surface area contributed by atoms with Crippen molar-refractivity contribution in [1.29, 1.82) is 0 Å². The SMILES string of the molecule is Cc1ccc(NS(=O)(=O)NC(C)C)cc1C#CCCO. The number of aryl methyl sites for hydroxylation is 1. The molecule has 0 fully saturated rings. The van der Waals surface area contributed by atoms with Crippen molar-refractivity contribution >= 4 is 15.9 Å². The maximum absolute atomic E-state index is 11.8. The summed E-state index contributed by atoms with van der Waals surface area (Å²) in [5.41, 5.74) is 2.15. The molecule has 0 aromatic heterocycles. The molecule has 110 valence electrons. The maximum atomic E-state index is 11.8. The van der Waals surface area contributed by atoms with Crippen LogP contribution in [0.15, 0.2) is 18.2 Å². The van der Waals surface area contributed by atoms with Gasteiger partial charge in [-0.1, -0.05) is 17.9 Å². The number of aliphatic hydroxyl groups excluding tert-OH is 1. The molecule has 0 aliphatic carbocycles. The third kappa shape index (κ3) is 5.61. The van der Waals surface area contributed by atoms with Crippen molar-refractivity contribution in [2.45, 2.75) is 33.2 Å². The second-order valence-corrected chi connectivity index (χ2v) is 6.13. The highest BCUT2D eigenvalue weighted by Gasteiger charge is 2.11. The van der Waals surface area contributed by atoms with Gasteiger partial charge < -0.3 is 5.11 Å². The van der Waals surface area contributed by atoms with Crippen LogP contribution in [-0.4, -0.2) is 26.2 Å². The Kier molecular flexibility index (Phi) is 6.02. The van der Waals surface area contributed by atoms with Crippen molar-refractivity contribution in [2.75, 3.05) is 11.3 Å². The van der Waals surface area contributed by atoms with Gasteiger partial charge in [-0.05, 0) is 38.5 Å². The number of hydrogen-bond donors (Lipinski definition) is 3. The lowest BCUT2D eigenvalue weighted by Crippen LogP contribution is -2.35. The molecule has 20 heavy (non-hydrogen) atoms. The third-order valence-electron chi connectivity index (χ3n) is 2.34. The summed E-state index contributed by atoms with van der Waals surface area (Å²) in [5.74, 6) is 5.74. The molecule has 0 bridgehead atoms. The van der Waals surface area contributed by atoms with E-state index in [0.29, 0.717) is 12.1 Å². The number of hydrogen-bond acceptors (Lipinski definition) is 3. The van der Waals surface area contributed by atoms with Gasteiger partial charge in [0.25, 0.3) is 10.2 Å². The maximum Gasteiger partial charge on any atom is 0.299 e. The zero-order valence-corrected chi connectivity index (χ0v) is 12.7. The summed E-state index contributed by atoms with van der Waals surface area (Å²) >= 11 is 0. The Morgan fingerprint density at radius 2 is 2.05 bits per heavy atom. The molecule has 3 N–H and O–H groups in total. The van der Waals surface area contributed by atoms with Gasteiger partial charge in [-0.25, -0.2) is 0 Å². The minimum atomic E-state index is -3.58. The van der Waals surface area contributed by atoms with Crippen LogP contribution in [0.1, 0.15) is 31.4 Å². The number of aliphatic hydroxyl groups is 1. The summed E-state index contributed by atoms with van der Waals surface area (Å²) in [6, 6.07) is 4.99. The average Bonchev–Trinajstić information content (AvgIpc) is 2.31. The molecule has 5 nitrogen and oxygen atoms in total. The summed E-state index contributed by atoms with van der Waals surface area (Å²) in [5, 5.41) is 8.70. The van der Waals surface area contributed by atoms with E-state index in [9.17, 15) is 8.42 Å². The topological polar surface area (TPSA) is 78.4 Å². The van der Waals surface area contributed by atoms with Crippen LogP contribution in [0.2, 0.25) is 0 Å². The summed E-state index contributed by atoms with van der Waals surface area (Å²) in [4.78, 5) is 0. The van der Waals surface area contributed by atoms with E-state index >= 15 is 0 Å². The van der Waals surface area contributed by atoms with Gasteiger partial charge in [0, 0.05) is 18.0 Å². The van der Waals surface area contributed by atoms with Gasteiger partial charge in [0.2, 0.25) is 0 Å². The third-order valence-corrected chi connectivity index (χ3v) is 3.63. The fourth-order valence-electron chi connectivity index (χ4n) is 1.53. The van der Waals surface area contributed by atoms with E-state index in [1.165, 1.54) is 0 Å². The summed E-state index contributed by atoms with van der Waals surface area (Å²) < 4.78 is 28.4. The van der Waals surface area contributed by atoms with Crippen molar-refractivity contribution < 1.29 is 13.5 Å². The Morgan fingerprint density at radius 3 is 2.65 bits per heavy atom. The number of anilines is 1. The summed E-state index contributed by atoms with van der Waals surface area (Å²) in [6.07, 6.45) is 0.393. The van der Waals surface area contributed by atoms with Crippen molar-refractivity contribution in [3.63, 3.8) is 0 Å². The molecule has 0 radical (unpaired) electrons. The highest BCUT2D eigenvalue weighted by molar-refractivity contribution is 7.90. The van der Waals surface area contributed by atoms with Gasteiger partial charge >= 0.3 is 0 Å². The number of nitrogens with one attached hydrogen (secondary N) is 2. The van der Waals surface area contributed by atoms with Gasteiger partial charge in [-0.2, -0.15) is 13.1 Å². The van der Waals surface area contributed by atoms with Crippen LogP contribution >= 0.6 is 0 Å². The number of rotatable bonds is 5. The van der Waals surface area contributed by atoms with E-state index in [4.69, 9.17) is 5.11 Å². The lowest BCUT2D eigenvalue weighted by molar-refractivity contribution is 0.305. The molecule has 0 aliphatic rings. The molecule has 1 rings (SSSR count). The first-order chi connectivity index (χ1) is 9.34. The van der Waals surface area contributed by atoms with Crippen molar-refractivity contribution in [3.05, 3.63) is 29.3 Å². The van der Waals surface area contributed by atoms with E-state index in [2.05, 4.69) is 21.3 Å². The van der Waals surface area contributed by atoms with E-state index in [-0.39, 0.29) is 12.6 Å². The van der Waals surface area contributed by atoms with E-state index in [0.717, 1.165) is 11.1 Å². The van der Waals surface area contributed by atoms with Crippen molar-refractivity contribution in [3.8, 4) is 11.8 Å². The lowest BCUT2D eigenvalue weighted by Gasteiger charge is -2.12. The lowest BCUT2D eigenvalue weighted by atomic mass is 10.1. The molecular formula is C14H20N2O3S. The highest BCUT2D eigenvalue weighted by atomic mass is 32.2. The first kappa shape index (κ1) is 16.5. The van der Waals surface area contributed by atoms with Gasteiger partial charge in [0.15, 0.2) is 0 Å². The second kappa shape index (κ2) is 7.29. The molecule has 0 aliphatic heterocycles. The molecule has 0 saturated heterocycles. The van der Waals surface area contributed by atoms with Gasteiger partial charge in [0.05, 0.1) is 12.3 Å². The molecule has 0 amide bonds. The van der Waals surface area contributed by atoms with Crippen LogP contribution < -0.4 is 9.44 Å². The van der Waals surface area contributed by atoms with E-state index < -0.39 is 10.2 Å². The van der Waals surface area contributed by atoms with Gasteiger partial charge in [0.1, 0.15) is 0 Å². The van der Waals surface area contributed by atoms with Gasteiger partial charge in [-0.3, -0.25) is 4.72 Å². The van der Waals surface area contributed by atoms with Crippen LogP contribution in [0.3, 0.4) is 0 Å². The quantitative estimate of drug-likeness (QED) is 0.718. The Labute approximate surface area is 120 Å². The Balaban J connectivity index is 2.94. The predicted molar refractivity (Wildman–Crippen MR) is 80.6 cm³/mol. The fraction of sp³-hybridized carbons (Fsp3) is 0.429. The first-order valence-corrected chi connectivity index (χ1v) is 7.83. The fourth-order valence-corrected chi connectivity index (χ4v) is 2.65. The molecule has 6 heteroatoms. The molecule has 0 spiro atoms. The summed E-state index contributed by atoms with van der Waals surface area (Å²) in [6.45, 7) is 5.41. The van der Waals surface area contributed by atoms with Crippen LogP contribution in [0.25, 0.3) is 0 Å². The average molecular weight is 296 g/mol. The minimum Gasteiger partial charge on any atom is -0.395 e. The molecule has 0 heterocycles. The Morgan fingerprint density at radius 1 is 1.35 bits per heavy atom. The number of benzene rings is 1. The minimum absolute atomic E-state index is 0.0106. The normalized spacial score (nSPS) is 11.1. The smallest absolute Gasteiger partial charge is 0.299 e. The monoisotopic (exact) mass is 296 g/mol. The molecular weight excluding hydrogens is 276 g/mol. The Hall–Kier alpha value is -1.55. The van der Waals surface area contributed by atoms with Crippen molar-refractivity contribution in [2.24, 2.45) is 0 Å². The van der Waals surface area contributed by atoms with Crippen LogP contribution in [0.5, 0.6) is 0 Å². The Bertz CT molecular complexity index is 613. The van der Waals surface area contributed by atoms with Crippen LogP contribution in [0, 0.1) is 18.8 Å². The zero-order chi connectivity index (χ0) is 15.2. The van der Waals surface area contributed by atoms with Crippen LogP contribution in [0.4, 0.5) is 5.69 Å².